The predicted molar refractivity (Wildman–Crippen MR) is 104 cm³/mol. The van der Waals surface area contributed by atoms with Crippen LogP contribution in [0.2, 0.25) is 0 Å². The first-order chi connectivity index (χ1) is 13.7. The molecule has 3 rings (SSSR count). The lowest BCUT2D eigenvalue weighted by Crippen LogP contribution is -2.39. The number of carbonyl (C=O) groups is 1. The van der Waals surface area contributed by atoms with Gasteiger partial charge in [0.05, 0.1) is 18.9 Å². The average molecular weight is 402 g/mol. The molecule has 10 nitrogen and oxygen atoms in total. The van der Waals surface area contributed by atoms with Gasteiger partial charge in [0.2, 0.25) is 11.8 Å². The number of hydrogen-bond acceptors (Lipinski definition) is 7. The van der Waals surface area contributed by atoms with E-state index in [4.69, 9.17) is 4.74 Å². The summed E-state index contributed by atoms with van der Waals surface area (Å²) in [5, 5.41) is 26.0. The van der Waals surface area contributed by atoms with Crippen LogP contribution in [0.15, 0.2) is 32.9 Å². The van der Waals surface area contributed by atoms with E-state index >= 15 is 0 Å². The van der Waals surface area contributed by atoms with Crippen LogP contribution in [0.3, 0.4) is 0 Å². The Kier molecular flexibility index (Phi) is 5.19. The lowest BCUT2D eigenvalue weighted by molar-refractivity contribution is -0.132. The van der Waals surface area contributed by atoms with Crippen LogP contribution in [0, 0.1) is 0 Å². The monoisotopic (exact) mass is 402 g/mol. The van der Waals surface area contributed by atoms with Crippen molar-refractivity contribution in [1.82, 2.24) is 14.1 Å². The molecule has 1 aromatic heterocycles. The highest BCUT2D eigenvalue weighted by Gasteiger charge is 2.35. The fraction of sp³-hybridized carbons (Fsp3) is 0.368. The first-order valence-electron chi connectivity index (χ1n) is 8.97. The van der Waals surface area contributed by atoms with Crippen molar-refractivity contribution in [3.63, 3.8) is 0 Å². The van der Waals surface area contributed by atoms with Crippen LogP contribution in [-0.2, 0) is 18.9 Å². The van der Waals surface area contributed by atoms with E-state index in [9.17, 15) is 24.6 Å². The summed E-state index contributed by atoms with van der Waals surface area (Å²) in [7, 11) is 4.07. The van der Waals surface area contributed by atoms with Crippen molar-refractivity contribution < 1.29 is 19.7 Å². The van der Waals surface area contributed by atoms with Crippen LogP contribution in [0.5, 0.6) is 17.4 Å². The number of hydrazone groups is 1. The molecule has 154 valence electrons. The molecule has 1 aliphatic rings. The number of ether oxygens (including phenoxy) is 1. The Morgan fingerprint density at radius 2 is 1.93 bits per heavy atom. The van der Waals surface area contributed by atoms with Crippen molar-refractivity contribution in [3.05, 3.63) is 50.2 Å². The number of aromatic hydroxyl groups is 2. The van der Waals surface area contributed by atoms with Gasteiger partial charge in [0, 0.05) is 26.9 Å². The molecule has 0 bridgehead atoms. The quantitative estimate of drug-likeness (QED) is 0.771. The molecule has 1 atom stereocenters. The number of hydrogen-bond donors (Lipinski definition) is 2. The van der Waals surface area contributed by atoms with Gasteiger partial charge in [0.25, 0.3) is 5.56 Å². The molecule has 0 saturated carbocycles. The first-order valence-corrected chi connectivity index (χ1v) is 8.97. The van der Waals surface area contributed by atoms with Crippen molar-refractivity contribution in [2.24, 2.45) is 19.2 Å². The zero-order chi connectivity index (χ0) is 21.5. The number of amides is 1. The maximum atomic E-state index is 12.6. The fourth-order valence-electron chi connectivity index (χ4n) is 3.31. The van der Waals surface area contributed by atoms with Crippen LogP contribution in [-0.4, -0.2) is 43.1 Å². The van der Waals surface area contributed by atoms with Crippen molar-refractivity contribution in [2.75, 3.05) is 7.11 Å². The van der Waals surface area contributed by atoms with Crippen molar-refractivity contribution in [2.45, 2.75) is 25.8 Å². The number of methoxy groups -OCH3 is 1. The maximum Gasteiger partial charge on any atom is 0.333 e. The van der Waals surface area contributed by atoms with Crippen LogP contribution in [0.1, 0.15) is 36.9 Å². The third kappa shape index (κ3) is 3.26. The summed E-state index contributed by atoms with van der Waals surface area (Å²) in [6.07, 6.45) is 0.297. The molecular weight excluding hydrogens is 380 g/mol. The number of phenolic OH excluding ortho intramolecular Hbond substituents is 1. The first kappa shape index (κ1) is 20.2. The topological polar surface area (TPSA) is 126 Å². The maximum absolute atomic E-state index is 12.6. The van der Waals surface area contributed by atoms with Crippen molar-refractivity contribution in [1.29, 1.82) is 0 Å². The Bertz CT molecular complexity index is 1130. The minimum Gasteiger partial charge on any atom is -0.504 e. The molecule has 2 N–H and O–H groups in total. The lowest BCUT2D eigenvalue weighted by atomic mass is 9.98. The Labute approximate surface area is 165 Å². The van der Waals surface area contributed by atoms with Crippen LogP contribution >= 0.6 is 0 Å². The number of rotatable bonds is 4. The van der Waals surface area contributed by atoms with Crippen LogP contribution in [0.25, 0.3) is 0 Å². The largest absolute Gasteiger partial charge is 0.504 e. The SMILES string of the molecule is CCC(=O)N1N=C(c2c(O)n(C)c(=O)n(C)c2=O)C[C@H]1c1ccc(OC)c(O)c1. The number of nitrogens with zero attached hydrogens (tertiary/aromatic N) is 4. The fourth-order valence-corrected chi connectivity index (χ4v) is 3.31. The Balaban J connectivity index is 2.13. The highest BCUT2D eigenvalue weighted by Crippen LogP contribution is 2.37. The summed E-state index contributed by atoms with van der Waals surface area (Å²) < 4.78 is 6.86. The minimum absolute atomic E-state index is 0.0942. The molecule has 10 heteroatoms. The van der Waals surface area contributed by atoms with E-state index in [-0.39, 0.29) is 41.5 Å². The van der Waals surface area contributed by atoms with Crippen LogP contribution < -0.4 is 16.0 Å². The second-order valence-electron chi connectivity index (χ2n) is 6.69. The molecule has 0 radical (unpaired) electrons. The van der Waals surface area contributed by atoms with Crippen molar-refractivity contribution >= 4 is 11.6 Å². The summed E-state index contributed by atoms with van der Waals surface area (Å²) in [5.41, 5.74) is -0.742. The molecule has 29 heavy (non-hydrogen) atoms. The summed E-state index contributed by atoms with van der Waals surface area (Å²) in [4.78, 5) is 37.1. The molecule has 0 aliphatic carbocycles. The van der Waals surface area contributed by atoms with Gasteiger partial charge in [-0.1, -0.05) is 13.0 Å². The van der Waals surface area contributed by atoms with Gasteiger partial charge in [-0.15, -0.1) is 0 Å². The zero-order valence-corrected chi connectivity index (χ0v) is 16.5. The van der Waals surface area contributed by atoms with E-state index in [1.54, 1.807) is 19.1 Å². The third-order valence-electron chi connectivity index (χ3n) is 4.98. The minimum atomic E-state index is -0.702. The van der Waals surface area contributed by atoms with Crippen LogP contribution in [0.4, 0.5) is 0 Å². The molecule has 2 heterocycles. The van der Waals surface area contributed by atoms with Gasteiger partial charge in [0.1, 0.15) is 5.56 Å². The van der Waals surface area contributed by atoms with Gasteiger partial charge in [-0.3, -0.25) is 18.7 Å². The molecule has 1 aromatic carbocycles. The van der Waals surface area contributed by atoms with Gasteiger partial charge in [-0.25, -0.2) is 9.80 Å². The normalized spacial score (nSPS) is 16.1. The number of aromatic nitrogens is 2. The van der Waals surface area contributed by atoms with E-state index in [1.165, 1.54) is 32.3 Å². The highest BCUT2D eigenvalue weighted by atomic mass is 16.5. The molecule has 0 unspecified atom stereocenters. The van der Waals surface area contributed by atoms with E-state index in [0.29, 0.717) is 5.56 Å². The van der Waals surface area contributed by atoms with Gasteiger partial charge in [0.15, 0.2) is 11.5 Å². The average Bonchev–Trinajstić information content (AvgIpc) is 3.15. The van der Waals surface area contributed by atoms with E-state index in [2.05, 4.69) is 5.10 Å². The molecule has 2 aromatic rings. The van der Waals surface area contributed by atoms with Gasteiger partial charge >= 0.3 is 5.69 Å². The molecule has 0 fully saturated rings. The second-order valence-corrected chi connectivity index (χ2v) is 6.69. The highest BCUT2D eigenvalue weighted by molar-refractivity contribution is 6.04. The Morgan fingerprint density at radius 3 is 2.52 bits per heavy atom. The number of phenols is 1. The van der Waals surface area contributed by atoms with E-state index < -0.39 is 23.2 Å². The molecule has 1 aliphatic heterocycles. The van der Waals surface area contributed by atoms with Crippen molar-refractivity contribution in [3.8, 4) is 17.4 Å². The van der Waals surface area contributed by atoms with E-state index in [0.717, 1.165) is 9.13 Å². The molecule has 1 amide bonds. The van der Waals surface area contributed by atoms with Gasteiger partial charge < -0.3 is 14.9 Å². The predicted octanol–water partition coefficient (Wildman–Crippen LogP) is 0.591. The Hall–Kier alpha value is -3.56. The van der Waals surface area contributed by atoms with Gasteiger partial charge in [-0.2, -0.15) is 5.10 Å². The van der Waals surface area contributed by atoms with Gasteiger partial charge in [-0.05, 0) is 17.7 Å². The zero-order valence-electron chi connectivity index (χ0n) is 16.5. The summed E-state index contributed by atoms with van der Waals surface area (Å²) in [5.74, 6) is -0.616. The van der Waals surface area contributed by atoms with E-state index in [1.807, 2.05) is 0 Å². The Morgan fingerprint density at radius 1 is 1.24 bits per heavy atom. The number of carbonyl (C=O) groups excluding carboxylic acids is 1. The molecular formula is C19H22N4O6. The smallest absolute Gasteiger partial charge is 0.333 e. The summed E-state index contributed by atoms with van der Waals surface area (Å²) in [6, 6.07) is 4.14. The number of benzene rings is 1. The molecule has 0 saturated heterocycles. The summed E-state index contributed by atoms with van der Waals surface area (Å²) in [6.45, 7) is 1.68. The second kappa shape index (κ2) is 7.46. The standard InChI is InChI=1S/C19H22N4O6/c1-5-15(25)23-12(10-6-7-14(29-4)13(24)8-10)9-11(20-23)16-17(26)21(2)19(28)22(3)18(16)27/h6-8,12,24,26H,5,9H2,1-4H3/t12-/m0/s1. The lowest BCUT2D eigenvalue weighted by Gasteiger charge is -2.22. The molecule has 0 spiro atoms. The third-order valence-corrected chi connectivity index (χ3v) is 4.98. The summed E-state index contributed by atoms with van der Waals surface area (Å²) >= 11 is 0.